The number of carbonyl (C=O) groups is 2. The van der Waals surface area contributed by atoms with E-state index in [4.69, 9.17) is 16.3 Å². The third-order valence-corrected chi connectivity index (χ3v) is 6.96. The van der Waals surface area contributed by atoms with Crippen molar-refractivity contribution in [3.05, 3.63) is 64.7 Å². The molecule has 1 unspecified atom stereocenters. The lowest BCUT2D eigenvalue weighted by Crippen LogP contribution is -2.58. The Morgan fingerprint density at radius 1 is 0.938 bits per heavy atom. The molecular formula is C26H31ClN2O3. The van der Waals surface area contributed by atoms with Gasteiger partial charge in [0.25, 0.3) is 5.91 Å². The molecule has 170 valence electrons. The van der Waals surface area contributed by atoms with E-state index in [1.165, 1.54) is 12.8 Å². The van der Waals surface area contributed by atoms with Crippen LogP contribution in [-0.2, 0) is 16.0 Å². The van der Waals surface area contributed by atoms with E-state index in [1.807, 2.05) is 53.4 Å². The summed E-state index contributed by atoms with van der Waals surface area (Å²) in [5.74, 6) is 0.790. The van der Waals surface area contributed by atoms with Crippen molar-refractivity contribution >= 4 is 23.4 Å². The first-order valence-corrected chi connectivity index (χ1v) is 11.9. The number of rotatable bonds is 6. The van der Waals surface area contributed by atoms with Crippen LogP contribution in [0.15, 0.2) is 48.5 Å². The van der Waals surface area contributed by atoms with Crippen molar-refractivity contribution in [2.45, 2.75) is 57.0 Å². The summed E-state index contributed by atoms with van der Waals surface area (Å²) in [6.45, 7) is 0.665. The van der Waals surface area contributed by atoms with Crippen molar-refractivity contribution < 1.29 is 14.3 Å². The number of methoxy groups -OCH3 is 1. The van der Waals surface area contributed by atoms with Crippen LogP contribution in [0.1, 0.15) is 55.7 Å². The standard InChI is InChI=1S/C26H31ClN2O3/c1-32-23-14-10-20(11-15-23)25-26(31)29(22-6-4-2-3-5-7-22)18-24(30)28(25)17-16-19-8-12-21(27)13-9-19/h8-15,22,25H,2-7,16-18H2,1H3. The fraction of sp³-hybridized carbons (Fsp3) is 0.462. The maximum Gasteiger partial charge on any atom is 0.250 e. The molecule has 2 aromatic rings. The van der Waals surface area contributed by atoms with Crippen LogP contribution in [0.2, 0.25) is 5.02 Å². The van der Waals surface area contributed by atoms with E-state index in [0.29, 0.717) is 18.0 Å². The second-order valence-corrected chi connectivity index (χ2v) is 9.19. The van der Waals surface area contributed by atoms with Gasteiger partial charge >= 0.3 is 0 Å². The van der Waals surface area contributed by atoms with Gasteiger partial charge in [0.15, 0.2) is 0 Å². The zero-order valence-electron chi connectivity index (χ0n) is 18.6. The number of nitrogens with zero attached hydrogens (tertiary/aromatic N) is 2. The predicted molar refractivity (Wildman–Crippen MR) is 126 cm³/mol. The van der Waals surface area contributed by atoms with Crippen LogP contribution in [0.5, 0.6) is 5.75 Å². The SMILES string of the molecule is COc1ccc(C2C(=O)N(C3CCCCCC3)CC(=O)N2CCc2ccc(Cl)cc2)cc1. The highest BCUT2D eigenvalue weighted by Crippen LogP contribution is 2.33. The highest BCUT2D eigenvalue weighted by atomic mass is 35.5. The second-order valence-electron chi connectivity index (χ2n) is 8.75. The van der Waals surface area contributed by atoms with E-state index >= 15 is 0 Å². The first kappa shape index (κ1) is 22.7. The monoisotopic (exact) mass is 454 g/mol. The van der Waals surface area contributed by atoms with E-state index in [0.717, 1.165) is 42.6 Å². The average Bonchev–Trinajstić information content (AvgIpc) is 3.10. The van der Waals surface area contributed by atoms with Crippen LogP contribution in [-0.4, -0.2) is 47.9 Å². The van der Waals surface area contributed by atoms with Gasteiger partial charge in [0, 0.05) is 17.6 Å². The largest absolute Gasteiger partial charge is 0.497 e. The van der Waals surface area contributed by atoms with Gasteiger partial charge in [0.2, 0.25) is 5.91 Å². The highest BCUT2D eigenvalue weighted by molar-refractivity contribution is 6.30. The highest BCUT2D eigenvalue weighted by Gasteiger charge is 2.42. The molecule has 4 rings (SSSR count). The number of halogens is 1. The summed E-state index contributed by atoms with van der Waals surface area (Å²) < 4.78 is 5.29. The molecule has 1 aliphatic carbocycles. The first-order valence-electron chi connectivity index (χ1n) is 11.5. The van der Waals surface area contributed by atoms with E-state index in [1.54, 1.807) is 12.0 Å². The fourth-order valence-corrected chi connectivity index (χ4v) is 5.02. The third-order valence-electron chi connectivity index (χ3n) is 6.71. The molecule has 1 heterocycles. The number of hydrogen-bond acceptors (Lipinski definition) is 3. The zero-order valence-corrected chi connectivity index (χ0v) is 19.4. The lowest BCUT2D eigenvalue weighted by Gasteiger charge is -2.43. The van der Waals surface area contributed by atoms with Crippen LogP contribution in [0.4, 0.5) is 0 Å². The Labute approximate surface area is 195 Å². The maximum absolute atomic E-state index is 13.8. The maximum atomic E-state index is 13.8. The predicted octanol–water partition coefficient (Wildman–Crippen LogP) is 5.03. The van der Waals surface area contributed by atoms with Gasteiger partial charge in [-0.2, -0.15) is 0 Å². The summed E-state index contributed by atoms with van der Waals surface area (Å²) in [6.07, 6.45) is 7.31. The van der Waals surface area contributed by atoms with E-state index in [9.17, 15) is 9.59 Å². The Hall–Kier alpha value is -2.53. The van der Waals surface area contributed by atoms with Crippen molar-refractivity contribution in [3.63, 3.8) is 0 Å². The van der Waals surface area contributed by atoms with Crippen molar-refractivity contribution in [1.82, 2.24) is 9.80 Å². The van der Waals surface area contributed by atoms with Gasteiger partial charge in [0.1, 0.15) is 18.3 Å². The first-order chi connectivity index (χ1) is 15.6. The molecule has 1 saturated carbocycles. The molecule has 0 bridgehead atoms. The number of piperazine rings is 1. The van der Waals surface area contributed by atoms with Gasteiger partial charge in [-0.25, -0.2) is 0 Å². The molecule has 2 aliphatic rings. The average molecular weight is 455 g/mol. The quantitative estimate of drug-likeness (QED) is 0.575. The molecule has 0 N–H and O–H groups in total. The van der Waals surface area contributed by atoms with Gasteiger partial charge in [0.05, 0.1) is 7.11 Å². The molecule has 2 aromatic carbocycles. The van der Waals surface area contributed by atoms with Crippen molar-refractivity contribution in [2.75, 3.05) is 20.2 Å². The normalized spacial score (nSPS) is 20.4. The minimum atomic E-state index is -0.599. The van der Waals surface area contributed by atoms with Crippen LogP contribution in [0.3, 0.4) is 0 Å². The number of carbonyl (C=O) groups excluding carboxylic acids is 2. The topological polar surface area (TPSA) is 49.9 Å². The molecule has 2 fully saturated rings. The summed E-state index contributed by atoms with van der Waals surface area (Å²) in [6, 6.07) is 14.7. The number of ether oxygens (including phenoxy) is 1. The van der Waals surface area contributed by atoms with Crippen LogP contribution in [0.25, 0.3) is 0 Å². The molecule has 0 aromatic heterocycles. The summed E-state index contributed by atoms with van der Waals surface area (Å²) in [5.41, 5.74) is 1.92. The molecule has 0 radical (unpaired) electrons. The van der Waals surface area contributed by atoms with E-state index < -0.39 is 6.04 Å². The lowest BCUT2D eigenvalue weighted by molar-refractivity contribution is -0.158. The molecule has 1 atom stereocenters. The van der Waals surface area contributed by atoms with Crippen LogP contribution < -0.4 is 4.74 Å². The smallest absolute Gasteiger partial charge is 0.250 e. The summed E-state index contributed by atoms with van der Waals surface area (Å²) in [5, 5.41) is 0.688. The Balaban J connectivity index is 1.60. The van der Waals surface area contributed by atoms with Crippen LogP contribution >= 0.6 is 11.6 Å². The third kappa shape index (κ3) is 5.09. The molecule has 0 spiro atoms. The molecule has 1 aliphatic heterocycles. The minimum Gasteiger partial charge on any atom is -0.497 e. The van der Waals surface area contributed by atoms with Gasteiger partial charge in [-0.1, -0.05) is 61.5 Å². The minimum absolute atomic E-state index is 0.0172. The Bertz CT molecular complexity index is 921. The molecular weight excluding hydrogens is 424 g/mol. The summed E-state index contributed by atoms with van der Waals surface area (Å²) in [4.78, 5) is 30.8. The summed E-state index contributed by atoms with van der Waals surface area (Å²) >= 11 is 6.01. The van der Waals surface area contributed by atoms with Crippen LogP contribution in [0, 0.1) is 0 Å². The van der Waals surface area contributed by atoms with Gasteiger partial charge in [-0.05, 0) is 54.7 Å². The molecule has 6 heteroatoms. The lowest BCUT2D eigenvalue weighted by atomic mass is 9.97. The molecule has 5 nitrogen and oxygen atoms in total. The van der Waals surface area contributed by atoms with Gasteiger partial charge < -0.3 is 14.5 Å². The van der Waals surface area contributed by atoms with E-state index in [2.05, 4.69) is 0 Å². The molecule has 1 saturated heterocycles. The number of amides is 2. The number of benzene rings is 2. The zero-order chi connectivity index (χ0) is 22.5. The van der Waals surface area contributed by atoms with E-state index in [-0.39, 0.29) is 24.4 Å². The van der Waals surface area contributed by atoms with Gasteiger partial charge in [-0.15, -0.1) is 0 Å². The van der Waals surface area contributed by atoms with Gasteiger partial charge in [-0.3, -0.25) is 9.59 Å². The Kier molecular flexibility index (Phi) is 7.36. The molecule has 32 heavy (non-hydrogen) atoms. The Morgan fingerprint density at radius 3 is 2.22 bits per heavy atom. The van der Waals surface area contributed by atoms with Crippen molar-refractivity contribution in [2.24, 2.45) is 0 Å². The fourth-order valence-electron chi connectivity index (χ4n) is 4.89. The number of hydrogen-bond donors (Lipinski definition) is 0. The van der Waals surface area contributed by atoms with Crippen molar-refractivity contribution in [3.8, 4) is 5.75 Å². The molecule has 2 amide bonds. The Morgan fingerprint density at radius 2 is 1.59 bits per heavy atom. The van der Waals surface area contributed by atoms with Crippen molar-refractivity contribution in [1.29, 1.82) is 0 Å². The summed E-state index contributed by atoms with van der Waals surface area (Å²) in [7, 11) is 1.62. The second kappa shape index (κ2) is 10.4.